The van der Waals surface area contributed by atoms with Crippen LogP contribution in [-0.2, 0) is 4.79 Å². The quantitative estimate of drug-likeness (QED) is 0.782. The van der Waals surface area contributed by atoms with E-state index in [9.17, 15) is 9.59 Å². The van der Waals surface area contributed by atoms with Gasteiger partial charge in [0.25, 0.3) is 0 Å². The van der Waals surface area contributed by atoms with E-state index in [1.54, 1.807) is 4.90 Å². The molecule has 0 aromatic carbocycles. The number of hydrogen-bond acceptors (Lipinski definition) is 2. The molecule has 1 fully saturated rings. The number of carboxylic acids is 1. The Morgan fingerprint density at radius 1 is 1.41 bits per heavy atom. The van der Waals surface area contributed by atoms with Gasteiger partial charge in [-0.1, -0.05) is 20.8 Å². The summed E-state index contributed by atoms with van der Waals surface area (Å²) in [5.74, 6) is -0.892. The number of carbonyl (C=O) groups excluding carboxylic acids is 1. The Morgan fingerprint density at radius 3 is 2.47 bits per heavy atom. The standard InChI is InChI=1S/C12H22N2O3/c1-4-5-13-12(17)14-6-9(8(2)3)10(7-14)11(15)16/h8-10H,4-7H2,1-3H3,(H,13,17)(H,15,16)/t9-,10+/m0/s1. The number of amides is 2. The topological polar surface area (TPSA) is 69.6 Å². The van der Waals surface area contributed by atoms with Crippen LogP contribution in [0.3, 0.4) is 0 Å². The first-order valence-electron chi connectivity index (χ1n) is 6.23. The highest BCUT2D eigenvalue weighted by Gasteiger charge is 2.40. The first-order chi connectivity index (χ1) is 7.97. The molecule has 0 aromatic rings. The van der Waals surface area contributed by atoms with E-state index in [-0.39, 0.29) is 17.9 Å². The van der Waals surface area contributed by atoms with Crippen molar-refractivity contribution >= 4 is 12.0 Å². The molecule has 17 heavy (non-hydrogen) atoms. The lowest BCUT2D eigenvalue weighted by Crippen LogP contribution is -2.39. The number of nitrogens with zero attached hydrogens (tertiary/aromatic N) is 1. The highest BCUT2D eigenvalue weighted by atomic mass is 16.4. The van der Waals surface area contributed by atoms with Crippen LogP contribution in [0.15, 0.2) is 0 Å². The molecular formula is C12H22N2O3. The van der Waals surface area contributed by atoms with E-state index in [0.29, 0.717) is 19.6 Å². The molecule has 98 valence electrons. The molecule has 1 aliphatic rings. The van der Waals surface area contributed by atoms with Gasteiger partial charge < -0.3 is 15.3 Å². The van der Waals surface area contributed by atoms with Crippen molar-refractivity contribution in [2.75, 3.05) is 19.6 Å². The van der Waals surface area contributed by atoms with E-state index in [2.05, 4.69) is 5.32 Å². The Balaban J connectivity index is 2.62. The lowest BCUT2D eigenvalue weighted by molar-refractivity contribution is -0.142. The summed E-state index contributed by atoms with van der Waals surface area (Å²) in [6.45, 7) is 7.51. The van der Waals surface area contributed by atoms with Gasteiger partial charge in [0.2, 0.25) is 0 Å². The molecule has 1 aliphatic heterocycles. The minimum absolute atomic E-state index is 0.0554. The second-order valence-electron chi connectivity index (χ2n) is 4.99. The molecule has 0 aliphatic carbocycles. The molecule has 5 nitrogen and oxygen atoms in total. The number of carboxylic acid groups (broad SMARTS) is 1. The van der Waals surface area contributed by atoms with E-state index in [1.807, 2.05) is 20.8 Å². The number of hydrogen-bond donors (Lipinski definition) is 2. The highest BCUT2D eigenvalue weighted by molar-refractivity contribution is 5.77. The Morgan fingerprint density at radius 2 is 2.06 bits per heavy atom. The molecule has 0 saturated carbocycles. The Labute approximate surface area is 102 Å². The average molecular weight is 242 g/mol. The van der Waals surface area contributed by atoms with Gasteiger partial charge in [0.1, 0.15) is 0 Å². The van der Waals surface area contributed by atoms with Gasteiger partial charge in [-0.25, -0.2) is 4.79 Å². The highest BCUT2D eigenvalue weighted by Crippen LogP contribution is 2.29. The Hall–Kier alpha value is -1.26. The summed E-state index contributed by atoms with van der Waals surface area (Å²) in [5.41, 5.74) is 0. The van der Waals surface area contributed by atoms with Crippen LogP contribution in [0.1, 0.15) is 27.2 Å². The lowest BCUT2D eigenvalue weighted by atomic mass is 9.86. The van der Waals surface area contributed by atoms with Gasteiger partial charge >= 0.3 is 12.0 Å². The number of rotatable bonds is 4. The maximum absolute atomic E-state index is 11.8. The number of nitrogens with one attached hydrogen (secondary N) is 1. The van der Waals surface area contributed by atoms with E-state index >= 15 is 0 Å². The van der Waals surface area contributed by atoms with Crippen molar-refractivity contribution < 1.29 is 14.7 Å². The van der Waals surface area contributed by atoms with Crippen LogP contribution in [-0.4, -0.2) is 41.6 Å². The van der Waals surface area contributed by atoms with Gasteiger partial charge in [-0.15, -0.1) is 0 Å². The second kappa shape index (κ2) is 5.89. The summed E-state index contributed by atoms with van der Waals surface area (Å²) < 4.78 is 0. The monoisotopic (exact) mass is 242 g/mol. The third-order valence-electron chi connectivity index (χ3n) is 3.35. The zero-order valence-electron chi connectivity index (χ0n) is 10.8. The van der Waals surface area contributed by atoms with Crippen molar-refractivity contribution in [2.45, 2.75) is 27.2 Å². The van der Waals surface area contributed by atoms with Crippen LogP contribution in [0.4, 0.5) is 4.79 Å². The van der Waals surface area contributed by atoms with Crippen LogP contribution in [0.5, 0.6) is 0 Å². The molecule has 0 aromatic heterocycles. The molecule has 1 heterocycles. The van der Waals surface area contributed by atoms with E-state index in [0.717, 1.165) is 6.42 Å². The minimum atomic E-state index is -0.797. The fraction of sp³-hybridized carbons (Fsp3) is 0.833. The number of likely N-dealkylation sites (tertiary alicyclic amines) is 1. The first-order valence-corrected chi connectivity index (χ1v) is 6.23. The fourth-order valence-corrected chi connectivity index (χ4v) is 2.28. The average Bonchev–Trinajstić information content (AvgIpc) is 2.70. The zero-order valence-corrected chi connectivity index (χ0v) is 10.8. The van der Waals surface area contributed by atoms with Crippen molar-refractivity contribution in [1.82, 2.24) is 10.2 Å². The minimum Gasteiger partial charge on any atom is -0.481 e. The van der Waals surface area contributed by atoms with Gasteiger partial charge in [-0.2, -0.15) is 0 Å². The van der Waals surface area contributed by atoms with Crippen molar-refractivity contribution in [3.05, 3.63) is 0 Å². The number of aliphatic carboxylic acids is 1. The van der Waals surface area contributed by atoms with Crippen LogP contribution in [0.25, 0.3) is 0 Å². The summed E-state index contributed by atoms with van der Waals surface area (Å²) in [5, 5.41) is 11.9. The summed E-state index contributed by atoms with van der Waals surface area (Å²) >= 11 is 0. The largest absolute Gasteiger partial charge is 0.481 e. The molecule has 0 spiro atoms. The fourth-order valence-electron chi connectivity index (χ4n) is 2.28. The van der Waals surface area contributed by atoms with Gasteiger partial charge in [0.15, 0.2) is 0 Å². The molecule has 2 N–H and O–H groups in total. The first kappa shape index (κ1) is 13.8. The van der Waals surface area contributed by atoms with Crippen molar-refractivity contribution in [3.63, 3.8) is 0 Å². The number of carbonyl (C=O) groups is 2. The smallest absolute Gasteiger partial charge is 0.317 e. The zero-order chi connectivity index (χ0) is 13.0. The third kappa shape index (κ3) is 3.35. The predicted octanol–water partition coefficient (Wildman–Crippen LogP) is 1.39. The molecule has 1 rings (SSSR count). The summed E-state index contributed by atoms with van der Waals surface area (Å²) in [4.78, 5) is 24.5. The SMILES string of the molecule is CCCNC(=O)N1C[C@@H](C(=O)O)[C@H](C(C)C)C1. The van der Waals surface area contributed by atoms with E-state index in [4.69, 9.17) is 5.11 Å². The van der Waals surface area contributed by atoms with Crippen molar-refractivity contribution in [3.8, 4) is 0 Å². The Bertz CT molecular complexity index is 291. The third-order valence-corrected chi connectivity index (χ3v) is 3.35. The molecule has 2 amide bonds. The normalized spacial score (nSPS) is 24.1. The van der Waals surface area contributed by atoms with Crippen LogP contribution in [0.2, 0.25) is 0 Å². The lowest BCUT2D eigenvalue weighted by Gasteiger charge is -2.18. The van der Waals surface area contributed by atoms with Crippen molar-refractivity contribution in [1.29, 1.82) is 0 Å². The van der Waals surface area contributed by atoms with E-state index in [1.165, 1.54) is 0 Å². The molecule has 5 heteroatoms. The molecule has 1 saturated heterocycles. The predicted molar refractivity (Wildman–Crippen MR) is 64.7 cm³/mol. The van der Waals surface area contributed by atoms with Gasteiger partial charge in [0, 0.05) is 19.6 Å². The second-order valence-corrected chi connectivity index (χ2v) is 4.99. The molecule has 0 radical (unpaired) electrons. The van der Waals surface area contributed by atoms with Gasteiger partial charge in [-0.3, -0.25) is 4.79 Å². The number of urea groups is 1. The molecular weight excluding hydrogens is 220 g/mol. The molecule has 0 unspecified atom stereocenters. The van der Waals surface area contributed by atoms with Gasteiger partial charge in [0.05, 0.1) is 5.92 Å². The molecule has 0 bridgehead atoms. The van der Waals surface area contributed by atoms with Crippen molar-refractivity contribution in [2.24, 2.45) is 17.8 Å². The van der Waals surface area contributed by atoms with Crippen LogP contribution >= 0.6 is 0 Å². The molecule has 2 atom stereocenters. The van der Waals surface area contributed by atoms with Crippen LogP contribution in [0, 0.1) is 17.8 Å². The summed E-state index contributed by atoms with van der Waals surface area (Å²) in [7, 11) is 0. The maximum Gasteiger partial charge on any atom is 0.317 e. The Kier molecular flexibility index (Phi) is 4.78. The van der Waals surface area contributed by atoms with E-state index < -0.39 is 11.9 Å². The summed E-state index contributed by atoms with van der Waals surface area (Å²) in [6, 6.07) is -0.138. The summed E-state index contributed by atoms with van der Waals surface area (Å²) in [6.07, 6.45) is 0.884. The maximum atomic E-state index is 11.8. The van der Waals surface area contributed by atoms with Gasteiger partial charge in [-0.05, 0) is 18.3 Å². The van der Waals surface area contributed by atoms with Crippen LogP contribution < -0.4 is 5.32 Å².